The molecule has 1 aromatic rings. The normalized spacial score (nSPS) is 14.1. The fraction of sp³-hybridized carbons (Fsp3) is 0.600. The number of hydrogen-bond donors (Lipinski definition) is 1. The van der Waals surface area contributed by atoms with Crippen molar-refractivity contribution in [2.24, 2.45) is 0 Å². The second-order valence-electron chi connectivity index (χ2n) is 4.87. The van der Waals surface area contributed by atoms with E-state index >= 15 is 0 Å². The fourth-order valence-electron chi connectivity index (χ4n) is 2.22. The molecule has 1 rings (SSSR count). The third-order valence-corrected chi connectivity index (χ3v) is 3.23. The lowest BCUT2D eigenvalue weighted by Crippen LogP contribution is -2.39. The summed E-state index contributed by atoms with van der Waals surface area (Å²) in [7, 11) is 3.28. The van der Waals surface area contributed by atoms with Crippen LogP contribution >= 0.6 is 0 Å². The van der Waals surface area contributed by atoms with E-state index in [4.69, 9.17) is 9.47 Å². The summed E-state index contributed by atoms with van der Waals surface area (Å²) in [6.07, 6.45) is -0.736. The summed E-state index contributed by atoms with van der Waals surface area (Å²) in [5, 5.41) is 9.86. The standard InChI is InChI=1S/C15H24FNO3/c1-11(10-20-4)17(7-8-19-3)15-6-5-13(16)9-14(15)12(2)18/h5-6,9,11-12,18H,7-8,10H2,1-4H3/t11?,12-/m1/s1. The van der Waals surface area contributed by atoms with Gasteiger partial charge in [-0.05, 0) is 32.0 Å². The van der Waals surface area contributed by atoms with Gasteiger partial charge < -0.3 is 19.5 Å². The summed E-state index contributed by atoms with van der Waals surface area (Å²) in [6, 6.07) is 4.57. The van der Waals surface area contributed by atoms with Crippen LogP contribution in [0.5, 0.6) is 0 Å². The molecule has 20 heavy (non-hydrogen) atoms. The average molecular weight is 285 g/mol. The zero-order valence-electron chi connectivity index (χ0n) is 12.6. The van der Waals surface area contributed by atoms with Crippen LogP contribution in [0.2, 0.25) is 0 Å². The Balaban J connectivity index is 3.11. The first kappa shape index (κ1) is 16.9. The number of rotatable bonds is 8. The van der Waals surface area contributed by atoms with E-state index in [9.17, 15) is 9.50 Å². The van der Waals surface area contributed by atoms with Crippen LogP contribution in [0.25, 0.3) is 0 Å². The molecule has 0 aliphatic rings. The fourth-order valence-corrected chi connectivity index (χ4v) is 2.22. The van der Waals surface area contributed by atoms with Crippen LogP contribution in [0.3, 0.4) is 0 Å². The Bertz CT molecular complexity index is 412. The van der Waals surface area contributed by atoms with E-state index in [1.165, 1.54) is 12.1 Å². The first-order chi connectivity index (χ1) is 9.51. The second kappa shape index (κ2) is 8.19. The number of methoxy groups -OCH3 is 2. The molecule has 0 bridgehead atoms. The highest BCUT2D eigenvalue weighted by Gasteiger charge is 2.19. The molecule has 1 unspecified atom stereocenters. The van der Waals surface area contributed by atoms with Crippen LogP contribution in [0.15, 0.2) is 18.2 Å². The van der Waals surface area contributed by atoms with Gasteiger partial charge in [0.2, 0.25) is 0 Å². The van der Waals surface area contributed by atoms with Crippen molar-refractivity contribution in [3.05, 3.63) is 29.6 Å². The number of aliphatic hydroxyl groups is 1. The van der Waals surface area contributed by atoms with Gasteiger partial charge in [0, 0.05) is 38.1 Å². The van der Waals surface area contributed by atoms with E-state index in [0.717, 1.165) is 5.69 Å². The van der Waals surface area contributed by atoms with Crippen molar-refractivity contribution in [1.29, 1.82) is 0 Å². The van der Waals surface area contributed by atoms with Crippen molar-refractivity contribution in [2.45, 2.75) is 26.0 Å². The van der Waals surface area contributed by atoms with Gasteiger partial charge in [0.1, 0.15) is 5.82 Å². The van der Waals surface area contributed by atoms with Gasteiger partial charge in [-0.15, -0.1) is 0 Å². The van der Waals surface area contributed by atoms with E-state index in [1.807, 2.05) is 6.92 Å². The molecule has 0 amide bonds. The van der Waals surface area contributed by atoms with Crippen molar-refractivity contribution in [3.63, 3.8) is 0 Å². The minimum atomic E-state index is -0.736. The Morgan fingerprint density at radius 2 is 1.95 bits per heavy atom. The molecule has 0 radical (unpaired) electrons. The summed E-state index contributed by atoms with van der Waals surface area (Å²) >= 11 is 0. The molecule has 0 spiro atoms. The molecule has 0 aromatic heterocycles. The van der Waals surface area contributed by atoms with Gasteiger partial charge >= 0.3 is 0 Å². The predicted octanol–water partition coefficient (Wildman–Crippen LogP) is 2.37. The summed E-state index contributed by atoms with van der Waals surface area (Å²) in [5.74, 6) is -0.351. The van der Waals surface area contributed by atoms with Crippen molar-refractivity contribution in [1.82, 2.24) is 0 Å². The largest absolute Gasteiger partial charge is 0.389 e. The van der Waals surface area contributed by atoms with Crippen LogP contribution in [0.1, 0.15) is 25.5 Å². The Kier molecular flexibility index (Phi) is 6.91. The average Bonchev–Trinajstić information content (AvgIpc) is 2.40. The SMILES string of the molecule is COCCN(c1ccc(F)cc1[C@@H](C)O)C(C)COC. The van der Waals surface area contributed by atoms with Crippen molar-refractivity contribution in [3.8, 4) is 0 Å². The minimum absolute atomic E-state index is 0.0955. The molecule has 1 N–H and O–H groups in total. The molecular formula is C15H24FNO3. The number of aliphatic hydroxyl groups excluding tert-OH is 1. The first-order valence-corrected chi connectivity index (χ1v) is 6.73. The van der Waals surface area contributed by atoms with E-state index in [0.29, 0.717) is 25.3 Å². The third-order valence-electron chi connectivity index (χ3n) is 3.23. The molecule has 114 valence electrons. The highest BCUT2D eigenvalue weighted by atomic mass is 19.1. The summed E-state index contributed by atoms with van der Waals surface area (Å²) in [4.78, 5) is 2.06. The van der Waals surface area contributed by atoms with Crippen LogP contribution in [0, 0.1) is 5.82 Å². The molecule has 2 atom stereocenters. The molecule has 0 heterocycles. The summed E-state index contributed by atoms with van der Waals surface area (Å²) < 4.78 is 23.7. The molecule has 0 aliphatic carbocycles. The maximum absolute atomic E-state index is 13.4. The summed E-state index contributed by atoms with van der Waals surface area (Å²) in [6.45, 7) is 5.39. The molecule has 0 fully saturated rings. The summed E-state index contributed by atoms with van der Waals surface area (Å²) in [5.41, 5.74) is 1.38. The molecule has 0 aliphatic heterocycles. The Morgan fingerprint density at radius 1 is 1.25 bits per heavy atom. The highest BCUT2D eigenvalue weighted by molar-refractivity contribution is 5.55. The predicted molar refractivity (Wildman–Crippen MR) is 77.6 cm³/mol. The Hall–Kier alpha value is -1.17. The lowest BCUT2D eigenvalue weighted by Gasteiger charge is -2.33. The van der Waals surface area contributed by atoms with Gasteiger partial charge in [-0.3, -0.25) is 0 Å². The number of nitrogens with zero attached hydrogens (tertiary/aromatic N) is 1. The Morgan fingerprint density at radius 3 is 2.50 bits per heavy atom. The highest BCUT2D eigenvalue weighted by Crippen LogP contribution is 2.28. The molecule has 1 aromatic carbocycles. The number of benzene rings is 1. The van der Waals surface area contributed by atoms with Crippen molar-refractivity contribution in [2.75, 3.05) is 38.9 Å². The van der Waals surface area contributed by atoms with E-state index in [1.54, 1.807) is 27.2 Å². The topological polar surface area (TPSA) is 41.9 Å². The monoisotopic (exact) mass is 285 g/mol. The number of ether oxygens (including phenoxy) is 2. The van der Waals surface area contributed by atoms with E-state index in [2.05, 4.69) is 4.90 Å². The van der Waals surface area contributed by atoms with Crippen LogP contribution in [-0.4, -0.2) is 45.1 Å². The quantitative estimate of drug-likeness (QED) is 0.796. The minimum Gasteiger partial charge on any atom is -0.389 e. The molecular weight excluding hydrogens is 261 g/mol. The van der Waals surface area contributed by atoms with Crippen LogP contribution < -0.4 is 4.90 Å². The lowest BCUT2D eigenvalue weighted by molar-refractivity contribution is 0.169. The van der Waals surface area contributed by atoms with Gasteiger partial charge in [0.15, 0.2) is 0 Å². The second-order valence-corrected chi connectivity index (χ2v) is 4.87. The van der Waals surface area contributed by atoms with Gasteiger partial charge in [-0.2, -0.15) is 0 Å². The first-order valence-electron chi connectivity index (χ1n) is 6.73. The smallest absolute Gasteiger partial charge is 0.123 e. The van der Waals surface area contributed by atoms with E-state index < -0.39 is 6.10 Å². The lowest BCUT2D eigenvalue weighted by atomic mass is 10.1. The van der Waals surface area contributed by atoms with Gasteiger partial charge in [0.05, 0.1) is 19.3 Å². The molecule has 5 heteroatoms. The maximum Gasteiger partial charge on any atom is 0.123 e. The number of halogens is 1. The number of anilines is 1. The maximum atomic E-state index is 13.4. The number of hydrogen-bond acceptors (Lipinski definition) is 4. The molecule has 0 saturated heterocycles. The van der Waals surface area contributed by atoms with Gasteiger partial charge in [0.25, 0.3) is 0 Å². The zero-order chi connectivity index (χ0) is 15.1. The zero-order valence-corrected chi connectivity index (χ0v) is 12.6. The van der Waals surface area contributed by atoms with Gasteiger partial charge in [-0.25, -0.2) is 4.39 Å². The van der Waals surface area contributed by atoms with Crippen LogP contribution in [0.4, 0.5) is 10.1 Å². The molecule has 4 nitrogen and oxygen atoms in total. The van der Waals surface area contributed by atoms with E-state index in [-0.39, 0.29) is 11.9 Å². The van der Waals surface area contributed by atoms with Crippen molar-refractivity contribution < 1.29 is 19.0 Å². The van der Waals surface area contributed by atoms with Crippen molar-refractivity contribution >= 4 is 5.69 Å². The van der Waals surface area contributed by atoms with Crippen LogP contribution in [-0.2, 0) is 9.47 Å². The van der Waals surface area contributed by atoms with Gasteiger partial charge in [-0.1, -0.05) is 0 Å². The Labute approximate surface area is 120 Å². The third kappa shape index (κ3) is 4.44. The molecule has 0 saturated carbocycles.